The lowest BCUT2D eigenvalue weighted by Crippen LogP contribution is -2.24. The Bertz CT molecular complexity index is 802. The van der Waals surface area contributed by atoms with Crippen molar-refractivity contribution in [3.05, 3.63) is 69.2 Å². The number of amides is 1. The number of likely N-dealkylation sites (N-methyl/N-ethyl adjacent to an activating group) is 1. The summed E-state index contributed by atoms with van der Waals surface area (Å²) in [6.45, 7) is 1.20. The van der Waals surface area contributed by atoms with E-state index in [1.807, 2.05) is 24.3 Å². The largest absolute Gasteiger partial charge is 0.493 e. The maximum atomic E-state index is 12.3. The lowest BCUT2D eigenvalue weighted by atomic mass is 10.1. The first-order valence-corrected chi connectivity index (χ1v) is 8.41. The maximum Gasteiger partial charge on any atom is 0.246 e. The van der Waals surface area contributed by atoms with Gasteiger partial charge in [0.25, 0.3) is 0 Å². The number of carbonyl (C=O) groups is 1. The summed E-state index contributed by atoms with van der Waals surface area (Å²) in [6, 6.07) is 11.3. The highest BCUT2D eigenvalue weighted by Gasteiger charge is 2.11. The quantitative estimate of drug-likeness (QED) is 0.744. The Morgan fingerprint density at radius 2 is 2.04 bits per heavy atom. The summed E-state index contributed by atoms with van der Waals surface area (Å²) in [5.41, 5.74) is 3.12. The first-order chi connectivity index (χ1) is 11.5. The van der Waals surface area contributed by atoms with E-state index in [0.717, 1.165) is 29.9 Å². The molecular formula is C19H17Cl2NO2. The number of carbonyl (C=O) groups excluding carboxylic acids is 1. The van der Waals surface area contributed by atoms with Crippen molar-refractivity contribution in [2.24, 2.45) is 0 Å². The van der Waals surface area contributed by atoms with E-state index in [4.69, 9.17) is 27.9 Å². The Morgan fingerprint density at radius 1 is 1.21 bits per heavy atom. The molecule has 24 heavy (non-hydrogen) atoms. The predicted molar refractivity (Wildman–Crippen MR) is 97.6 cm³/mol. The first kappa shape index (κ1) is 16.9. The molecule has 0 saturated carbocycles. The molecule has 3 rings (SSSR count). The fourth-order valence-corrected chi connectivity index (χ4v) is 2.92. The molecule has 0 aliphatic carbocycles. The van der Waals surface area contributed by atoms with Crippen molar-refractivity contribution in [1.29, 1.82) is 0 Å². The zero-order valence-corrected chi connectivity index (χ0v) is 14.8. The van der Waals surface area contributed by atoms with Crippen LogP contribution >= 0.6 is 23.2 Å². The van der Waals surface area contributed by atoms with Crippen LogP contribution in [0, 0.1) is 0 Å². The number of benzene rings is 2. The molecule has 124 valence electrons. The van der Waals surface area contributed by atoms with Gasteiger partial charge >= 0.3 is 0 Å². The van der Waals surface area contributed by atoms with Crippen molar-refractivity contribution in [3.8, 4) is 5.75 Å². The van der Waals surface area contributed by atoms with Crippen LogP contribution in [0.3, 0.4) is 0 Å². The molecule has 0 radical (unpaired) electrons. The van der Waals surface area contributed by atoms with Gasteiger partial charge in [0, 0.05) is 26.1 Å². The Labute approximate surface area is 151 Å². The van der Waals surface area contributed by atoms with E-state index in [-0.39, 0.29) is 5.91 Å². The maximum absolute atomic E-state index is 12.3. The van der Waals surface area contributed by atoms with Gasteiger partial charge in [-0.1, -0.05) is 35.3 Å². The number of hydrogen-bond donors (Lipinski definition) is 0. The van der Waals surface area contributed by atoms with Crippen LogP contribution in [-0.4, -0.2) is 24.5 Å². The van der Waals surface area contributed by atoms with E-state index in [2.05, 4.69) is 6.07 Å². The summed E-state index contributed by atoms with van der Waals surface area (Å²) in [7, 11) is 1.76. The molecule has 0 N–H and O–H groups in total. The Hall–Kier alpha value is -1.97. The van der Waals surface area contributed by atoms with Crippen molar-refractivity contribution in [1.82, 2.24) is 4.90 Å². The van der Waals surface area contributed by atoms with Gasteiger partial charge in [-0.15, -0.1) is 0 Å². The van der Waals surface area contributed by atoms with E-state index in [0.29, 0.717) is 16.6 Å². The molecular weight excluding hydrogens is 345 g/mol. The Morgan fingerprint density at radius 3 is 2.83 bits per heavy atom. The van der Waals surface area contributed by atoms with Gasteiger partial charge in [0.2, 0.25) is 5.91 Å². The van der Waals surface area contributed by atoms with Gasteiger partial charge in [-0.25, -0.2) is 0 Å². The Kier molecular flexibility index (Phi) is 5.12. The second-order valence-corrected chi connectivity index (χ2v) is 6.56. The fourth-order valence-electron chi connectivity index (χ4n) is 2.59. The van der Waals surface area contributed by atoms with E-state index >= 15 is 0 Å². The number of halogens is 2. The minimum atomic E-state index is -0.0715. The van der Waals surface area contributed by atoms with Crippen LogP contribution in [0.1, 0.15) is 16.7 Å². The summed E-state index contributed by atoms with van der Waals surface area (Å²) in [6.07, 6.45) is 4.32. The summed E-state index contributed by atoms with van der Waals surface area (Å²) in [5.74, 6) is 0.869. The minimum absolute atomic E-state index is 0.0715. The molecule has 1 heterocycles. The summed E-state index contributed by atoms with van der Waals surface area (Å²) < 4.78 is 5.48. The zero-order valence-electron chi connectivity index (χ0n) is 13.3. The van der Waals surface area contributed by atoms with Crippen molar-refractivity contribution in [2.45, 2.75) is 13.0 Å². The van der Waals surface area contributed by atoms with Crippen molar-refractivity contribution in [2.75, 3.05) is 13.7 Å². The average molecular weight is 362 g/mol. The molecule has 2 aromatic carbocycles. The van der Waals surface area contributed by atoms with Crippen molar-refractivity contribution in [3.63, 3.8) is 0 Å². The van der Waals surface area contributed by atoms with Gasteiger partial charge in [0.1, 0.15) is 5.75 Å². The molecule has 0 spiro atoms. The van der Waals surface area contributed by atoms with Gasteiger partial charge < -0.3 is 9.64 Å². The third kappa shape index (κ3) is 3.92. The zero-order chi connectivity index (χ0) is 17.1. The van der Waals surface area contributed by atoms with Gasteiger partial charge in [0.15, 0.2) is 0 Å². The highest BCUT2D eigenvalue weighted by Crippen LogP contribution is 2.26. The molecule has 0 aromatic heterocycles. The third-order valence-electron chi connectivity index (χ3n) is 3.91. The molecule has 1 aliphatic heterocycles. The number of hydrogen-bond acceptors (Lipinski definition) is 2. The lowest BCUT2D eigenvalue weighted by molar-refractivity contribution is -0.125. The average Bonchev–Trinajstić information content (AvgIpc) is 3.03. The topological polar surface area (TPSA) is 29.5 Å². The van der Waals surface area contributed by atoms with E-state index in [1.54, 1.807) is 30.2 Å². The van der Waals surface area contributed by atoms with Crippen LogP contribution in [0.5, 0.6) is 5.75 Å². The van der Waals surface area contributed by atoms with Crippen LogP contribution in [0.4, 0.5) is 0 Å². The predicted octanol–water partition coefficient (Wildman–Crippen LogP) is 4.60. The van der Waals surface area contributed by atoms with Gasteiger partial charge in [-0.05, 0) is 47.0 Å². The van der Waals surface area contributed by atoms with Gasteiger partial charge in [-0.2, -0.15) is 0 Å². The van der Waals surface area contributed by atoms with Crippen LogP contribution < -0.4 is 4.74 Å². The fraction of sp³-hybridized carbons (Fsp3) is 0.211. The summed E-state index contributed by atoms with van der Waals surface area (Å²) >= 11 is 11.9. The standard InChI is InChI=1S/C19H17Cl2NO2/c1-22(12-14-2-5-16(20)17(21)11-14)19(23)7-4-13-3-6-18-15(10-13)8-9-24-18/h2-7,10-11H,8-9,12H2,1H3. The monoisotopic (exact) mass is 361 g/mol. The van der Waals surface area contributed by atoms with Gasteiger partial charge in [0.05, 0.1) is 16.7 Å². The first-order valence-electron chi connectivity index (χ1n) is 7.66. The van der Waals surface area contributed by atoms with E-state index in [9.17, 15) is 4.79 Å². The SMILES string of the molecule is CN(Cc1ccc(Cl)c(Cl)c1)C(=O)C=Cc1ccc2c(c1)CCO2. The van der Waals surface area contributed by atoms with Crippen LogP contribution in [0.15, 0.2) is 42.5 Å². The molecule has 5 heteroatoms. The normalized spacial score (nSPS) is 13.0. The van der Waals surface area contributed by atoms with Gasteiger partial charge in [-0.3, -0.25) is 4.79 Å². The second-order valence-electron chi connectivity index (χ2n) is 5.74. The summed E-state index contributed by atoms with van der Waals surface area (Å²) in [5, 5.41) is 1.00. The number of rotatable bonds is 4. The highest BCUT2D eigenvalue weighted by molar-refractivity contribution is 6.42. The van der Waals surface area contributed by atoms with E-state index in [1.165, 1.54) is 5.56 Å². The molecule has 2 aromatic rings. The molecule has 0 saturated heterocycles. The lowest BCUT2D eigenvalue weighted by Gasteiger charge is -2.15. The minimum Gasteiger partial charge on any atom is -0.493 e. The third-order valence-corrected chi connectivity index (χ3v) is 4.65. The summed E-state index contributed by atoms with van der Waals surface area (Å²) in [4.78, 5) is 13.9. The second kappa shape index (κ2) is 7.29. The number of nitrogens with zero attached hydrogens (tertiary/aromatic N) is 1. The number of fused-ring (bicyclic) bond motifs is 1. The smallest absolute Gasteiger partial charge is 0.246 e. The van der Waals surface area contributed by atoms with Crippen LogP contribution in [-0.2, 0) is 17.8 Å². The Balaban J connectivity index is 1.64. The highest BCUT2D eigenvalue weighted by atomic mass is 35.5. The number of ether oxygens (including phenoxy) is 1. The molecule has 0 fully saturated rings. The van der Waals surface area contributed by atoms with Crippen molar-refractivity contribution >= 4 is 35.2 Å². The van der Waals surface area contributed by atoms with E-state index < -0.39 is 0 Å². The molecule has 0 atom stereocenters. The van der Waals surface area contributed by atoms with Crippen molar-refractivity contribution < 1.29 is 9.53 Å². The van der Waals surface area contributed by atoms with Crippen LogP contribution in [0.2, 0.25) is 10.0 Å². The molecule has 0 bridgehead atoms. The molecule has 3 nitrogen and oxygen atoms in total. The van der Waals surface area contributed by atoms with Crippen LogP contribution in [0.25, 0.3) is 6.08 Å². The molecule has 1 aliphatic rings. The molecule has 1 amide bonds. The molecule has 0 unspecified atom stereocenters.